The number of hydrogen-bond donors (Lipinski definition) is 1. The molecule has 0 aromatic carbocycles. The maximum Gasteiger partial charge on any atom is 0.236 e. The highest BCUT2D eigenvalue weighted by molar-refractivity contribution is 5.77. The van der Waals surface area contributed by atoms with E-state index in [1.165, 1.54) is 0 Å². The zero-order valence-electron chi connectivity index (χ0n) is 9.60. The minimum absolute atomic E-state index is 0.0131. The number of terminal acetylenes is 1. The Hall–Kier alpha value is -1.80. The van der Waals surface area contributed by atoms with Crippen molar-refractivity contribution < 1.29 is 4.79 Å². The third-order valence-corrected chi connectivity index (χ3v) is 2.11. The summed E-state index contributed by atoms with van der Waals surface area (Å²) in [7, 11) is 3.60. The summed E-state index contributed by atoms with van der Waals surface area (Å²) < 4.78 is 1.71. The van der Waals surface area contributed by atoms with E-state index in [1.807, 2.05) is 13.2 Å². The van der Waals surface area contributed by atoms with E-state index in [1.54, 1.807) is 22.8 Å². The Morgan fingerprint density at radius 3 is 3.06 bits per heavy atom. The molecule has 1 aromatic rings. The first-order valence-electron chi connectivity index (χ1n) is 4.99. The first kappa shape index (κ1) is 12.3. The lowest BCUT2D eigenvalue weighted by Crippen LogP contribution is -2.35. The summed E-state index contributed by atoms with van der Waals surface area (Å²) in [6, 6.07) is 0. The molecular weight excluding hydrogens is 204 g/mol. The second kappa shape index (κ2) is 5.93. The van der Waals surface area contributed by atoms with Crippen LogP contribution in [0.3, 0.4) is 0 Å². The van der Waals surface area contributed by atoms with Crippen LogP contribution in [0, 0.1) is 12.3 Å². The monoisotopic (exact) mass is 220 g/mol. The zero-order chi connectivity index (χ0) is 12.0. The van der Waals surface area contributed by atoms with Gasteiger partial charge in [-0.25, -0.2) is 0 Å². The van der Waals surface area contributed by atoms with Crippen LogP contribution in [0.2, 0.25) is 0 Å². The second-order valence-corrected chi connectivity index (χ2v) is 3.58. The molecule has 5 heteroatoms. The van der Waals surface area contributed by atoms with Gasteiger partial charge in [0.05, 0.1) is 19.3 Å². The topological polar surface area (TPSA) is 50.2 Å². The Morgan fingerprint density at radius 2 is 2.50 bits per heavy atom. The van der Waals surface area contributed by atoms with Crippen molar-refractivity contribution in [3.05, 3.63) is 18.0 Å². The van der Waals surface area contributed by atoms with Gasteiger partial charge in [0, 0.05) is 32.4 Å². The summed E-state index contributed by atoms with van der Waals surface area (Å²) in [5.41, 5.74) is 1.01. The van der Waals surface area contributed by atoms with Crippen molar-refractivity contribution in [2.75, 3.05) is 20.1 Å². The first-order chi connectivity index (χ1) is 7.63. The van der Waals surface area contributed by atoms with Crippen LogP contribution < -0.4 is 5.32 Å². The molecule has 1 aromatic heterocycles. The van der Waals surface area contributed by atoms with Gasteiger partial charge in [-0.15, -0.1) is 6.42 Å². The number of nitrogens with zero attached hydrogens (tertiary/aromatic N) is 3. The van der Waals surface area contributed by atoms with Gasteiger partial charge in [0.2, 0.25) is 5.91 Å². The van der Waals surface area contributed by atoms with E-state index in [-0.39, 0.29) is 12.5 Å². The third-order valence-electron chi connectivity index (χ3n) is 2.11. The van der Waals surface area contributed by atoms with Gasteiger partial charge in [0.25, 0.3) is 0 Å². The summed E-state index contributed by atoms with van der Waals surface area (Å²) in [4.78, 5) is 13.2. The van der Waals surface area contributed by atoms with Gasteiger partial charge < -0.3 is 4.90 Å². The highest BCUT2D eigenvalue weighted by atomic mass is 16.2. The molecule has 0 radical (unpaired) electrons. The molecule has 16 heavy (non-hydrogen) atoms. The number of nitrogens with one attached hydrogen (secondary N) is 1. The molecule has 0 aliphatic heterocycles. The Balaban J connectivity index is 2.37. The van der Waals surface area contributed by atoms with Gasteiger partial charge in [-0.1, -0.05) is 5.92 Å². The van der Waals surface area contributed by atoms with E-state index >= 15 is 0 Å². The molecular formula is C11H16N4O. The lowest BCUT2D eigenvalue weighted by Gasteiger charge is -2.15. The molecule has 0 aliphatic rings. The van der Waals surface area contributed by atoms with Crippen LogP contribution >= 0.6 is 0 Å². The number of likely N-dealkylation sites (N-methyl/N-ethyl adjacent to an activating group) is 1. The molecule has 0 bridgehead atoms. The van der Waals surface area contributed by atoms with Crippen LogP contribution in [0.25, 0.3) is 0 Å². The fourth-order valence-corrected chi connectivity index (χ4v) is 1.29. The maximum atomic E-state index is 11.6. The summed E-state index contributed by atoms with van der Waals surface area (Å²) >= 11 is 0. The molecule has 0 saturated heterocycles. The van der Waals surface area contributed by atoms with Gasteiger partial charge in [-0.2, -0.15) is 5.10 Å². The van der Waals surface area contributed by atoms with Crippen LogP contribution in [0.1, 0.15) is 5.56 Å². The van der Waals surface area contributed by atoms with E-state index < -0.39 is 0 Å². The molecule has 86 valence electrons. The Bertz CT molecular complexity index is 391. The minimum Gasteiger partial charge on any atom is -0.340 e. The molecule has 0 spiro atoms. The number of aromatic nitrogens is 2. The van der Waals surface area contributed by atoms with E-state index in [9.17, 15) is 4.79 Å². The summed E-state index contributed by atoms with van der Waals surface area (Å²) in [5, 5.41) is 6.90. The van der Waals surface area contributed by atoms with Crippen LogP contribution in [0.5, 0.6) is 0 Å². The standard InChI is InChI=1S/C11H16N4O/c1-4-5-12-7-11(16)14(2)8-10-6-13-15(3)9-10/h1,6,9,12H,5,7-8H2,2-3H3. The van der Waals surface area contributed by atoms with Gasteiger partial charge in [0.15, 0.2) is 0 Å². The second-order valence-electron chi connectivity index (χ2n) is 3.58. The average molecular weight is 220 g/mol. The van der Waals surface area contributed by atoms with Gasteiger partial charge in [-0.05, 0) is 0 Å². The van der Waals surface area contributed by atoms with Crippen molar-refractivity contribution >= 4 is 5.91 Å². The number of carbonyl (C=O) groups excluding carboxylic acids is 1. The van der Waals surface area contributed by atoms with Crippen LogP contribution in [0.15, 0.2) is 12.4 Å². The fourth-order valence-electron chi connectivity index (χ4n) is 1.29. The molecule has 1 amide bonds. The largest absolute Gasteiger partial charge is 0.340 e. The Morgan fingerprint density at radius 1 is 1.75 bits per heavy atom. The SMILES string of the molecule is C#CCNCC(=O)N(C)Cc1cnn(C)c1. The van der Waals surface area contributed by atoms with Crippen molar-refractivity contribution in [2.45, 2.75) is 6.54 Å². The number of rotatable bonds is 5. The number of aryl methyl sites for hydroxylation is 1. The number of amides is 1. The minimum atomic E-state index is 0.0131. The normalized spacial score (nSPS) is 9.81. The number of carbonyl (C=O) groups is 1. The van der Waals surface area contributed by atoms with E-state index in [0.717, 1.165) is 5.56 Å². The van der Waals surface area contributed by atoms with Crippen molar-refractivity contribution in [3.8, 4) is 12.3 Å². The molecule has 1 rings (SSSR count). The van der Waals surface area contributed by atoms with Crippen molar-refractivity contribution in [1.82, 2.24) is 20.0 Å². The average Bonchev–Trinajstić information content (AvgIpc) is 2.64. The van der Waals surface area contributed by atoms with Gasteiger partial charge >= 0.3 is 0 Å². The molecule has 1 N–H and O–H groups in total. The first-order valence-corrected chi connectivity index (χ1v) is 4.99. The van der Waals surface area contributed by atoms with E-state index in [2.05, 4.69) is 16.3 Å². The molecule has 0 atom stereocenters. The molecule has 0 unspecified atom stereocenters. The zero-order valence-corrected chi connectivity index (χ0v) is 9.60. The third kappa shape index (κ3) is 3.75. The molecule has 0 fully saturated rings. The Kier molecular flexibility index (Phi) is 4.55. The smallest absolute Gasteiger partial charge is 0.236 e. The number of hydrogen-bond acceptors (Lipinski definition) is 3. The van der Waals surface area contributed by atoms with Crippen molar-refractivity contribution in [3.63, 3.8) is 0 Å². The van der Waals surface area contributed by atoms with E-state index in [4.69, 9.17) is 6.42 Å². The van der Waals surface area contributed by atoms with Gasteiger partial charge in [-0.3, -0.25) is 14.8 Å². The summed E-state index contributed by atoms with van der Waals surface area (Å²) in [6.45, 7) is 1.23. The van der Waals surface area contributed by atoms with Crippen LogP contribution in [-0.4, -0.2) is 40.7 Å². The van der Waals surface area contributed by atoms with Crippen LogP contribution in [0.4, 0.5) is 0 Å². The predicted molar refractivity (Wildman–Crippen MR) is 61.4 cm³/mol. The van der Waals surface area contributed by atoms with Crippen molar-refractivity contribution in [2.24, 2.45) is 7.05 Å². The lowest BCUT2D eigenvalue weighted by molar-refractivity contribution is -0.129. The summed E-state index contributed by atoms with van der Waals surface area (Å²) in [6.07, 6.45) is 8.70. The molecule has 5 nitrogen and oxygen atoms in total. The lowest BCUT2D eigenvalue weighted by atomic mass is 10.3. The van der Waals surface area contributed by atoms with Crippen molar-refractivity contribution in [1.29, 1.82) is 0 Å². The fraction of sp³-hybridized carbons (Fsp3) is 0.455. The Labute approximate surface area is 95.4 Å². The van der Waals surface area contributed by atoms with E-state index in [0.29, 0.717) is 13.1 Å². The quantitative estimate of drug-likeness (QED) is 0.542. The summed E-state index contributed by atoms with van der Waals surface area (Å²) in [5.74, 6) is 2.43. The highest BCUT2D eigenvalue weighted by Crippen LogP contribution is 2.00. The molecule has 1 heterocycles. The van der Waals surface area contributed by atoms with Gasteiger partial charge in [0.1, 0.15) is 0 Å². The maximum absolute atomic E-state index is 11.6. The predicted octanol–water partition coefficient (Wildman–Crippen LogP) is -0.399. The highest BCUT2D eigenvalue weighted by Gasteiger charge is 2.08. The molecule has 0 aliphatic carbocycles. The molecule has 0 saturated carbocycles. The van der Waals surface area contributed by atoms with Crippen LogP contribution in [-0.2, 0) is 18.4 Å².